The predicted octanol–water partition coefficient (Wildman–Crippen LogP) is 3.13. The molecule has 25 heavy (non-hydrogen) atoms. The number of aromatic amines is 1. The zero-order chi connectivity index (χ0) is 16.9. The lowest BCUT2D eigenvalue weighted by molar-refractivity contribution is -0.120. The summed E-state index contributed by atoms with van der Waals surface area (Å²) in [4.78, 5) is 19.8. The Kier molecular flexibility index (Phi) is 3.20. The lowest BCUT2D eigenvalue weighted by Gasteiger charge is -2.12. The van der Waals surface area contributed by atoms with Gasteiger partial charge in [0.15, 0.2) is 0 Å². The van der Waals surface area contributed by atoms with Crippen molar-refractivity contribution in [2.75, 3.05) is 6.54 Å². The van der Waals surface area contributed by atoms with Crippen LogP contribution in [0, 0.1) is 5.92 Å². The van der Waals surface area contributed by atoms with Gasteiger partial charge in [0.05, 0.1) is 6.42 Å². The first-order chi connectivity index (χ1) is 12.3. The molecule has 1 aromatic carbocycles. The predicted molar refractivity (Wildman–Crippen MR) is 97.4 cm³/mol. The molecule has 2 unspecified atom stereocenters. The Morgan fingerprint density at radius 2 is 2.20 bits per heavy atom. The highest BCUT2D eigenvalue weighted by Crippen LogP contribution is 2.61. The second-order valence-electron chi connectivity index (χ2n) is 7.41. The van der Waals surface area contributed by atoms with E-state index in [0.717, 1.165) is 23.1 Å². The van der Waals surface area contributed by atoms with Crippen molar-refractivity contribution in [1.29, 1.82) is 0 Å². The second kappa shape index (κ2) is 5.45. The topological polar surface area (TPSA) is 57.8 Å². The molecule has 2 aliphatic rings. The van der Waals surface area contributed by atoms with Crippen molar-refractivity contribution in [2.24, 2.45) is 5.92 Å². The van der Waals surface area contributed by atoms with Gasteiger partial charge < -0.3 is 10.3 Å². The van der Waals surface area contributed by atoms with Gasteiger partial charge in [-0.15, -0.1) is 0 Å². The maximum absolute atomic E-state index is 12.4. The number of rotatable bonds is 4. The Morgan fingerprint density at radius 3 is 3.16 bits per heavy atom. The number of hydrogen-bond donors (Lipinski definition) is 2. The molecule has 2 atom stereocenters. The van der Waals surface area contributed by atoms with E-state index in [1.54, 1.807) is 6.20 Å². The van der Waals surface area contributed by atoms with Crippen LogP contribution in [0.2, 0.25) is 0 Å². The summed E-state index contributed by atoms with van der Waals surface area (Å²) in [5, 5.41) is 4.19. The molecule has 1 spiro atoms. The van der Waals surface area contributed by atoms with Crippen LogP contribution < -0.4 is 5.32 Å². The van der Waals surface area contributed by atoms with Crippen molar-refractivity contribution in [3.8, 4) is 0 Å². The Hall–Kier alpha value is -2.62. The summed E-state index contributed by atoms with van der Waals surface area (Å²) in [7, 11) is 0. The lowest BCUT2D eigenvalue weighted by Crippen LogP contribution is -2.28. The number of hydrogen-bond acceptors (Lipinski definition) is 2. The quantitative estimate of drug-likeness (QED) is 0.772. The third-order valence-corrected chi connectivity index (χ3v) is 6.06. The molecule has 4 heteroatoms. The summed E-state index contributed by atoms with van der Waals surface area (Å²) in [6.45, 7) is 0.785. The smallest absolute Gasteiger partial charge is 0.224 e. The third kappa shape index (κ3) is 2.36. The van der Waals surface area contributed by atoms with Crippen molar-refractivity contribution in [3.05, 3.63) is 65.5 Å². The average Bonchev–Trinajstić information content (AvgIpc) is 3.00. The number of carbonyl (C=O) groups excluding carboxylic acids is 1. The summed E-state index contributed by atoms with van der Waals surface area (Å²) in [6.07, 6.45) is 7.69. The molecular formula is C21H21N3O. The number of fused-ring (bicyclic) bond motifs is 3. The highest BCUT2D eigenvalue weighted by atomic mass is 16.1. The van der Waals surface area contributed by atoms with Crippen molar-refractivity contribution < 1.29 is 4.79 Å². The standard InChI is InChI=1S/C21H21N3O/c25-19(10-15-12-24-20-17(15)5-3-9-22-20)23-13-16-11-21(16)8-7-14-4-1-2-6-18(14)21/h1-6,9,12,16H,7-8,10-11,13H2,(H,22,24)(H,23,25). The number of nitrogens with zero attached hydrogens (tertiary/aromatic N) is 1. The fraction of sp³-hybridized carbons (Fsp3) is 0.333. The third-order valence-electron chi connectivity index (χ3n) is 6.06. The van der Waals surface area contributed by atoms with Crippen LogP contribution in [0.25, 0.3) is 11.0 Å². The number of pyridine rings is 1. The van der Waals surface area contributed by atoms with Crippen molar-refractivity contribution in [2.45, 2.75) is 31.1 Å². The van der Waals surface area contributed by atoms with Gasteiger partial charge in [-0.05, 0) is 54.0 Å². The van der Waals surface area contributed by atoms with Crippen molar-refractivity contribution in [1.82, 2.24) is 15.3 Å². The number of carbonyl (C=O) groups is 1. The Bertz CT molecular complexity index is 960. The lowest BCUT2D eigenvalue weighted by atomic mass is 9.95. The summed E-state index contributed by atoms with van der Waals surface area (Å²) in [6, 6.07) is 12.7. The summed E-state index contributed by atoms with van der Waals surface area (Å²) >= 11 is 0. The first-order valence-corrected chi connectivity index (χ1v) is 9.02. The number of nitrogens with one attached hydrogen (secondary N) is 2. The second-order valence-corrected chi connectivity index (χ2v) is 7.41. The van der Waals surface area contributed by atoms with Crippen LogP contribution in [0.3, 0.4) is 0 Å². The summed E-state index contributed by atoms with van der Waals surface area (Å²) < 4.78 is 0. The number of amides is 1. The van der Waals surface area contributed by atoms with Gasteiger partial charge in [-0.3, -0.25) is 4.79 Å². The minimum Gasteiger partial charge on any atom is -0.356 e. The molecule has 4 nitrogen and oxygen atoms in total. The normalized spacial score (nSPS) is 23.8. The first kappa shape index (κ1) is 14.7. The molecule has 0 radical (unpaired) electrons. The van der Waals surface area contributed by atoms with E-state index in [9.17, 15) is 4.79 Å². The summed E-state index contributed by atoms with van der Waals surface area (Å²) in [5.74, 6) is 0.683. The van der Waals surface area contributed by atoms with Gasteiger partial charge >= 0.3 is 0 Å². The average molecular weight is 331 g/mol. The van der Waals surface area contributed by atoms with Crippen LogP contribution in [0.5, 0.6) is 0 Å². The van der Waals surface area contributed by atoms with Gasteiger partial charge in [-0.25, -0.2) is 4.98 Å². The highest BCUT2D eigenvalue weighted by molar-refractivity contribution is 5.87. The van der Waals surface area contributed by atoms with E-state index in [1.165, 1.54) is 30.4 Å². The molecule has 2 aromatic heterocycles. The molecule has 3 aromatic rings. The molecule has 1 amide bonds. The van der Waals surface area contributed by atoms with E-state index in [2.05, 4.69) is 39.6 Å². The van der Waals surface area contributed by atoms with Crippen molar-refractivity contribution in [3.63, 3.8) is 0 Å². The maximum atomic E-state index is 12.4. The van der Waals surface area contributed by atoms with E-state index in [1.807, 2.05) is 18.3 Å². The fourth-order valence-electron chi connectivity index (χ4n) is 4.63. The van der Waals surface area contributed by atoms with E-state index in [4.69, 9.17) is 0 Å². The largest absolute Gasteiger partial charge is 0.356 e. The van der Waals surface area contributed by atoms with E-state index < -0.39 is 0 Å². The van der Waals surface area contributed by atoms with Crippen LogP contribution in [0.1, 0.15) is 29.5 Å². The molecule has 126 valence electrons. The Balaban J connectivity index is 1.22. The highest BCUT2D eigenvalue weighted by Gasteiger charge is 2.57. The van der Waals surface area contributed by atoms with Crippen LogP contribution in [-0.4, -0.2) is 22.4 Å². The molecular weight excluding hydrogens is 310 g/mol. The number of aryl methyl sites for hydroxylation is 1. The molecule has 1 saturated carbocycles. The van der Waals surface area contributed by atoms with Crippen LogP contribution in [0.15, 0.2) is 48.8 Å². The molecule has 2 heterocycles. The molecule has 0 bridgehead atoms. The van der Waals surface area contributed by atoms with E-state index in [0.29, 0.717) is 17.8 Å². The molecule has 0 saturated heterocycles. The van der Waals surface area contributed by atoms with Crippen LogP contribution in [0.4, 0.5) is 0 Å². The monoisotopic (exact) mass is 331 g/mol. The zero-order valence-electron chi connectivity index (χ0n) is 14.1. The molecule has 2 aliphatic carbocycles. The number of benzene rings is 1. The fourth-order valence-corrected chi connectivity index (χ4v) is 4.63. The Morgan fingerprint density at radius 1 is 1.28 bits per heavy atom. The number of H-pyrrole nitrogens is 1. The molecule has 2 N–H and O–H groups in total. The molecule has 1 fully saturated rings. The van der Waals surface area contributed by atoms with Gasteiger partial charge in [0.25, 0.3) is 0 Å². The van der Waals surface area contributed by atoms with Crippen LogP contribution >= 0.6 is 0 Å². The van der Waals surface area contributed by atoms with Gasteiger partial charge in [0.2, 0.25) is 5.91 Å². The van der Waals surface area contributed by atoms with Gasteiger partial charge in [0.1, 0.15) is 5.65 Å². The SMILES string of the molecule is O=C(Cc1c[nH]c2ncccc12)NCC1CC12CCc1ccccc12. The van der Waals surface area contributed by atoms with Gasteiger partial charge in [-0.1, -0.05) is 24.3 Å². The minimum atomic E-state index is 0.0954. The van der Waals surface area contributed by atoms with Crippen molar-refractivity contribution >= 4 is 16.9 Å². The first-order valence-electron chi connectivity index (χ1n) is 9.02. The Labute approximate surface area is 146 Å². The van der Waals surface area contributed by atoms with E-state index in [-0.39, 0.29) is 5.91 Å². The van der Waals surface area contributed by atoms with Crippen LogP contribution in [-0.2, 0) is 23.1 Å². The maximum Gasteiger partial charge on any atom is 0.224 e. The minimum absolute atomic E-state index is 0.0954. The molecule has 5 rings (SSSR count). The summed E-state index contributed by atoms with van der Waals surface area (Å²) in [5.41, 5.74) is 5.22. The zero-order valence-corrected chi connectivity index (χ0v) is 14.1. The van der Waals surface area contributed by atoms with Gasteiger partial charge in [-0.2, -0.15) is 0 Å². The number of aromatic nitrogens is 2. The molecule has 0 aliphatic heterocycles. The van der Waals surface area contributed by atoms with E-state index >= 15 is 0 Å². The van der Waals surface area contributed by atoms with Gasteiger partial charge in [0, 0.05) is 29.7 Å².